The van der Waals surface area contributed by atoms with Gasteiger partial charge in [0, 0.05) is 12.6 Å². The highest BCUT2D eigenvalue weighted by atomic mass is 16.6. The quantitative estimate of drug-likeness (QED) is 0.551. The van der Waals surface area contributed by atoms with E-state index in [9.17, 15) is 14.9 Å². The third-order valence-electron chi connectivity index (χ3n) is 2.50. The monoisotopic (exact) mass is 267 g/mol. The van der Waals surface area contributed by atoms with Crippen LogP contribution in [0.1, 0.15) is 19.8 Å². The van der Waals surface area contributed by atoms with Crippen LogP contribution in [0.3, 0.4) is 0 Å². The number of carbonyl (C=O) groups excluding carboxylic acids is 1. The van der Waals surface area contributed by atoms with E-state index >= 15 is 0 Å². The average Bonchev–Trinajstić information content (AvgIpc) is 2.33. The highest BCUT2D eigenvalue weighted by Crippen LogP contribution is 2.26. The summed E-state index contributed by atoms with van der Waals surface area (Å²) < 4.78 is 0. The van der Waals surface area contributed by atoms with E-state index in [4.69, 9.17) is 11.5 Å². The normalized spacial score (nSPS) is 10.2. The number of hydrogen-bond acceptors (Lipinski definition) is 6. The summed E-state index contributed by atoms with van der Waals surface area (Å²) in [5, 5.41) is 11.0. The van der Waals surface area contributed by atoms with Crippen LogP contribution in [0, 0.1) is 10.1 Å². The maximum Gasteiger partial charge on any atom is 0.311 e. The predicted octanol–water partition coefficient (Wildman–Crippen LogP) is 0.664. The van der Waals surface area contributed by atoms with Crippen molar-refractivity contribution in [2.24, 2.45) is 5.73 Å². The number of nitrogens with zero attached hydrogens (tertiary/aromatic N) is 3. The van der Waals surface area contributed by atoms with E-state index in [1.54, 1.807) is 0 Å². The zero-order chi connectivity index (χ0) is 14.4. The average molecular weight is 267 g/mol. The number of nitrogen functional groups attached to an aromatic ring is 1. The summed E-state index contributed by atoms with van der Waals surface area (Å²) >= 11 is 0. The second kappa shape index (κ2) is 6.53. The number of nitro groups is 1. The van der Waals surface area contributed by atoms with Crippen LogP contribution >= 0.6 is 0 Å². The Morgan fingerprint density at radius 1 is 1.53 bits per heavy atom. The molecule has 0 aliphatic heterocycles. The highest BCUT2D eigenvalue weighted by molar-refractivity contribution is 5.80. The van der Waals surface area contributed by atoms with Crippen LogP contribution in [0.5, 0.6) is 0 Å². The van der Waals surface area contributed by atoms with Crippen molar-refractivity contribution in [3.05, 3.63) is 22.2 Å². The molecule has 0 aliphatic rings. The zero-order valence-corrected chi connectivity index (χ0v) is 10.7. The van der Waals surface area contributed by atoms with Gasteiger partial charge in [0.2, 0.25) is 11.7 Å². The summed E-state index contributed by atoms with van der Waals surface area (Å²) in [6, 6.07) is 2.63. The number of carbonyl (C=O) groups is 1. The van der Waals surface area contributed by atoms with E-state index in [0.717, 1.165) is 12.8 Å². The number of hydrogen-bond donors (Lipinski definition) is 2. The third kappa shape index (κ3) is 4.09. The first-order valence-corrected chi connectivity index (χ1v) is 5.89. The summed E-state index contributed by atoms with van der Waals surface area (Å²) in [5.41, 5.74) is 10.5. The van der Waals surface area contributed by atoms with Crippen LogP contribution in [0.25, 0.3) is 0 Å². The molecular formula is C11H17N5O3. The lowest BCUT2D eigenvalue weighted by atomic mass is 10.3. The molecule has 0 radical (unpaired) electrons. The van der Waals surface area contributed by atoms with Gasteiger partial charge in [0.25, 0.3) is 0 Å². The molecule has 0 saturated carbocycles. The summed E-state index contributed by atoms with van der Waals surface area (Å²) in [6.07, 6.45) is 1.65. The largest absolute Gasteiger partial charge is 0.384 e. The lowest BCUT2D eigenvalue weighted by Crippen LogP contribution is -2.35. The Balaban J connectivity index is 3.14. The van der Waals surface area contributed by atoms with Crippen molar-refractivity contribution < 1.29 is 9.72 Å². The van der Waals surface area contributed by atoms with E-state index in [-0.39, 0.29) is 23.9 Å². The number of nitrogens with two attached hydrogens (primary N) is 2. The van der Waals surface area contributed by atoms with Gasteiger partial charge in [-0.05, 0) is 12.5 Å². The molecule has 8 nitrogen and oxygen atoms in total. The van der Waals surface area contributed by atoms with Crippen molar-refractivity contribution >= 4 is 23.2 Å². The van der Waals surface area contributed by atoms with Gasteiger partial charge in [-0.15, -0.1) is 0 Å². The maximum atomic E-state index is 11.1. The van der Waals surface area contributed by atoms with E-state index in [1.165, 1.54) is 17.0 Å². The highest BCUT2D eigenvalue weighted by Gasteiger charge is 2.22. The third-order valence-corrected chi connectivity index (χ3v) is 2.50. The molecule has 4 N–H and O–H groups in total. The van der Waals surface area contributed by atoms with Crippen molar-refractivity contribution in [3.8, 4) is 0 Å². The molecule has 1 rings (SSSR count). The molecule has 0 fully saturated rings. The Morgan fingerprint density at radius 2 is 2.21 bits per heavy atom. The molecular weight excluding hydrogens is 250 g/mol. The molecule has 0 spiro atoms. The lowest BCUT2D eigenvalue weighted by molar-refractivity contribution is -0.384. The van der Waals surface area contributed by atoms with Gasteiger partial charge in [0.15, 0.2) is 0 Å². The molecule has 0 aliphatic carbocycles. The van der Waals surface area contributed by atoms with Gasteiger partial charge in [-0.25, -0.2) is 4.98 Å². The molecule has 1 aromatic rings. The molecule has 1 heterocycles. The molecule has 0 bridgehead atoms. The standard InChI is InChI=1S/C11H17N5O3/c1-2-3-6-15(7-10(13)17)11-8(16(18)19)4-5-9(12)14-11/h4-5H,2-3,6-7H2,1H3,(H2,12,14)(H2,13,17). The van der Waals surface area contributed by atoms with Crippen molar-refractivity contribution in [1.82, 2.24) is 4.98 Å². The molecule has 0 saturated heterocycles. The topological polar surface area (TPSA) is 128 Å². The summed E-state index contributed by atoms with van der Waals surface area (Å²) in [5.74, 6) is -0.335. The number of anilines is 2. The Hall–Kier alpha value is -2.38. The van der Waals surface area contributed by atoms with Crippen LogP contribution in [0.2, 0.25) is 0 Å². The smallest absolute Gasteiger partial charge is 0.311 e. The second-order valence-electron chi connectivity index (χ2n) is 4.08. The minimum absolute atomic E-state index is 0.0808. The first-order valence-electron chi connectivity index (χ1n) is 5.89. The molecule has 0 aromatic carbocycles. The number of unbranched alkanes of at least 4 members (excludes halogenated alkanes) is 1. The molecule has 1 amide bonds. The van der Waals surface area contributed by atoms with Crippen LogP contribution in [0.15, 0.2) is 12.1 Å². The van der Waals surface area contributed by atoms with Crippen LogP contribution < -0.4 is 16.4 Å². The zero-order valence-electron chi connectivity index (χ0n) is 10.7. The number of rotatable bonds is 7. The summed E-state index contributed by atoms with van der Waals surface area (Å²) in [6.45, 7) is 2.30. The second-order valence-corrected chi connectivity index (χ2v) is 4.08. The van der Waals surface area contributed by atoms with Gasteiger partial charge in [-0.2, -0.15) is 0 Å². The van der Waals surface area contributed by atoms with E-state index in [0.29, 0.717) is 6.54 Å². The Bertz CT molecular complexity index is 477. The van der Waals surface area contributed by atoms with Crippen LogP contribution in [-0.4, -0.2) is 28.9 Å². The fourth-order valence-corrected chi connectivity index (χ4v) is 1.63. The fourth-order valence-electron chi connectivity index (χ4n) is 1.63. The van der Waals surface area contributed by atoms with Crippen LogP contribution in [-0.2, 0) is 4.79 Å². The molecule has 0 unspecified atom stereocenters. The first-order chi connectivity index (χ1) is 8.95. The minimum Gasteiger partial charge on any atom is -0.384 e. The molecule has 104 valence electrons. The van der Waals surface area contributed by atoms with E-state index < -0.39 is 10.8 Å². The fraction of sp³-hybridized carbons (Fsp3) is 0.455. The van der Waals surface area contributed by atoms with Gasteiger partial charge >= 0.3 is 5.69 Å². The first kappa shape index (κ1) is 14.7. The lowest BCUT2D eigenvalue weighted by Gasteiger charge is -2.21. The van der Waals surface area contributed by atoms with Crippen molar-refractivity contribution in [2.45, 2.75) is 19.8 Å². The molecule has 19 heavy (non-hydrogen) atoms. The predicted molar refractivity (Wildman–Crippen MR) is 71.6 cm³/mol. The number of pyridine rings is 1. The Labute approximate surface area is 110 Å². The maximum absolute atomic E-state index is 11.1. The molecule has 8 heteroatoms. The summed E-state index contributed by atoms with van der Waals surface area (Å²) in [4.78, 5) is 26.9. The minimum atomic E-state index is -0.574. The summed E-state index contributed by atoms with van der Waals surface area (Å²) in [7, 11) is 0. The molecule has 1 aromatic heterocycles. The van der Waals surface area contributed by atoms with Gasteiger partial charge in [0.1, 0.15) is 5.82 Å². The van der Waals surface area contributed by atoms with Crippen molar-refractivity contribution in [1.29, 1.82) is 0 Å². The van der Waals surface area contributed by atoms with E-state index in [2.05, 4.69) is 4.98 Å². The van der Waals surface area contributed by atoms with Gasteiger partial charge in [-0.3, -0.25) is 14.9 Å². The van der Waals surface area contributed by atoms with Crippen molar-refractivity contribution in [3.63, 3.8) is 0 Å². The SMILES string of the molecule is CCCCN(CC(N)=O)c1nc(N)ccc1[N+](=O)[O-]. The number of aromatic nitrogens is 1. The Kier molecular flexibility index (Phi) is 5.04. The van der Waals surface area contributed by atoms with Gasteiger partial charge in [-0.1, -0.05) is 13.3 Å². The Morgan fingerprint density at radius 3 is 2.74 bits per heavy atom. The van der Waals surface area contributed by atoms with Crippen molar-refractivity contribution in [2.75, 3.05) is 23.7 Å². The number of primary amides is 1. The van der Waals surface area contributed by atoms with Gasteiger partial charge < -0.3 is 16.4 Å². The van der Waals surface area contributed by atoms with Crippen LogP contribution in [0.4, 0.5) is 17.3 Å². The van der Waals surface area contributed by atoms with Gasteiger partial charge in [0.05, 0.1) is 11.5 Å². The number of amides is 1. The van der Waals surface area contributed by atoms with E-state index in [1.807, 2.05) is 6.92 Å². The molecule has 0 atom stereocenters.